The van der Waals surface area contributed by atoms with E-state index in [9.17, 15) is 14.0 Å². The zero-order chi connectivity index (χ0) is 18.7. The van der Waals surface area contributed by atoms with Crippen molar-refractivity contribution in [2.24, 2.45) is 0 Å². The van der Waals surface area contributed by atoms with Crippen LogP contribution in [-0.2, 0) is 17.8 Å². The Morgan fingerprint density at radius 2 is 2.00 bits per heavy atom. The smallest absolute Gasteiger partial charge is 0.275 e. The molecule has 2 amide bonds. The zero-order valence-corrected chi connectivity index (χ0v) is 16.0. The number of nitrogens with zero attached hydrogens (tertiary/aromatic N) is 2. The summed E-state index contributed by atoms with van der Waals surface area (Å²) in [7, 11) is 0. The molecule has 1 aromatic heterocycles. The van der Waals surface area contributed by atoms with Gasteiger partial charge in [0.05, 0.1) is 0 Å². The van der Waals surface area contributed by atoms with E-state index < -0.39 is 0 Å². The van der Waals surface area contributed by atoms with Gasteiger partial charge in [-0.15, -0.1) is 12.4 Å². The van der Waals surface area contributed by atoms with Crippen molar-refractivity contribution in [1.29, 1.82) is 0 Å². The fourth-order valence-corrected chi connectivity index (χ4v) is 2.92. The molecule has 7 nitrogen and oxygen atoms in total. The SMILES string of the molecule is CC(C)N(CC(=O)Nc1ccc(F)cc1)C(=O)c1n[nH]c2c1CNCC2.Cl. The van der Waals surface area contributed by atoms with Crippen LogP contribution in [0.25, 0.3) is 0 Å². The summed E-state index contributed by atoms with van der Waals surface area (Å²) in [5.74, 6) is -1.00. The molecular weight excluding hydrogens is 373 g/mol. The fraction of sp³-hybridized carbons (Fsp3) is 0.389. The van der Waals surface area contributed by atoms with E-state index in [1.54, 1.807) is 0 Å². The molecule has 2 aromatic rings. The molecule has 0 bridgehead atoms. The summed E-state index contributed by atoms with van der Waals surface area (Å²) in [5.41, 5.74) is 2.67. The number of aromatic nitrogens is 2. The van der Waals surface area contributed by atoms with Gasteiger partial charge in [0.15, 0.2) is 5.69 Å². The summed E-state index contributed by atoms with van der Waals surface area (Å²) in [5, 5.41) is 13.0. The molecule has 0 atom stereocenters. The minimum atomic E-state index is -0.376. The Hall–Kier alpha value is -2.45. The number of fused-ring (bicyclic) bond motifs is 1. The average molecular weight is 396 g/mol. The molecule has 1 aromatic carbocycles. The molecule has 9 heteroatoms. The molecule has 146 valence electrons. The van der Waals surface area contributed by atoms with Gasteiger partial charge < -0.3 is 15.5 Å². The lowest BCUT2D eigenvalue weighted by molar-refractivity contribution is -0.117. The molecule has 0 spiro atoms. The standard InChI is InChI=1S/C18H22FN5O2.ClH/c1-11(2)24(10-16(25)21-13-5-3-12(19)4-6-13)18(26)17-14-9-20-8-7-15(14)22-23-17;/h3-6,11,20H,7-10H2,1-2H3,(H,21,25)(H,22,23);1H. The second kappa shape index (κ2) is 8.96. The first kappa shape index (κ1) is 20.9. The predicted molar refractivity (Wildman–Crippen MR) is 102 cm³/mol. The highest BCUT2D eigenvalue weighted by molar-refractivity contribution is 5.99. The van der Waals surface area contributed by atoms with E-state index in [0.29, 0.717) is 17.9 Å². The van der Waals surface area contributed by atoms with Crippen molar-refractivity contribution in [1.82, 2.24) is 20.4 Å². The van der Waals surface area contributed by atoms with E-state index in [1.165, 1.54) is 29.2 Å². The Morgan fingerprint density at radius 1 is 1.30 bits per heavy atom. The van der Waals surface area contributed by atoms with Crippen LogP contribution in [0.4, 0.5) is 10.1 Å². The molecule has 0 unspecified atom stereocenters. The molecule has 1 aliphatic rings. The third kappa shape index (κ3) is 4.84. The number of rotatable bonds is 5. The number of aromatic amines is 1. The highest BCUT2D eigenvalue weighted by Gasteiger charge is 2.28. The van der Waals surface area contributed by atoms with Crippen molar-refractivity contribution in [3.63, 3.8) is 0 Å². The van der Waals surface area contributed by atoms with Gasteiger partial charge in [0.2, 0.25) is 5.91 Å². The number of amides is 2. The topological polar surface area (TPSA) is 90.1 Å². The largest absolute Gasteiger partial charge is 0.325 e. The van der Waals surface area contributed by atoms with E-state index in [4.69, 9.17) is 0 Å². The lowest BCUT2D eigenvalue weighted by atomic mass is 10.1. The van der Waals surface area contributed by atoms with Crippen molar-refractivity contribution in [3.05, 3.63) is 47.0 Å². The van der Waals surface area contributed by atoms with Gasteiger partial charge in [-0.2, -0.15) is 5.10 Å². The number of H-pyrrole nitrogens is 1. The van der Waals surface area contributed by atoms with Crippen LogP contribution in [0.1, 0.15) is 35.6 Å². The quantitative estimate of drug-likeness (QED) is 0.723. The van der Waals surface area contributed by atoms with Gasteiger partial charge in [0, 0.05) is 42.5 Å². The Bertz CT molecular complexity index is 807. The number of carbonyl (C=O) groups is 2. The predicted octanol–water partition coefficient (Wildman–Crippen LogP) is 2.11. The molecule has 1 aliphatic heterocycles. The number of hydrogen-bond acceptors (Lipinski definition) is 4. The van der Waals surface area contributed by atoms with E-state index in [-0.39, 0.29) is 42.6 Å². The first-order valence-corrected chi connectivity index (χ1v) is 8.59. The van der Waals surface area contributed by atoms with Gasteiger partial charge >= 0.3 is 0 Å². The minimum Gasteiger partial charge on any atom is -0.325 e. The summed E-state index contributed by atoms with van der Waals surface area (Å²) in [6.07, 6.45) is 0.794. The van der Waals surface area contributed by atoms with E-state index in [2.05, 4.69) is 20.8 Å². The van der Waals surface area contributed by atoms with E-state index in [0.717, 1.165) is 24.2 Å². The maximum absolute atomic E-state index is 13.0. The van der Waals surface area contributed by atoms with E-state index >= 15 is 0 Å². The van der Waals surface area contributed by atoms with Crippen molar-refractivity contribution < 1.29 is 14.0 Å². The Kier molecular flexibility index (Phi) is 6.92. The number of benzene rings is 1. The van der Waals surface area contributed by atoms with Crippen LogP contribution in [0, 0.1) is 5.82 Å². The van der Waals surface area contributed by atoms with Crippen molar-refractivity contribution in [2.45, 2.75) is 32.9 Å². The Morgan fingerprint density at radius 3 is 2.67 bits per heavy atom. The van der Waals surface area contributed by atoms with Crippen molar-refractivity contribution in [3.8, 4) is 0 Å². The third-order valence-corrected chi connectivity index (χ3v) is 4.34. The maximum Gasteiger partial charge on any atom is 0.275 e. The van der Waals surface area contributed by atoms with Gasteiger partial charge in [-0.1, -0.05) is 0 Å². The number of halogens is 2. The molecule has 0 aliphatic carbocycles. The number of carbonyl (C=O) groups excluding carboxylic acids is 2. The van der Waals surface area contributed by atoms with Crippen LogP contribution in [0.5, 0.6) is 0 Å². The van der Waals surface area contributed by atoms with Crippen LogP contribution in [-0.4, -0.2) is 46.0 Å². The van der Waals surface area contributed by atoms with Crippen molar-refractivity contribution >= 4 is 29.9 Å². The number of hydrogen-bond donors (Lipinski definition) is 3. The van der Waals surface area contributed by atoms with Crippen LogP contribution in [0.3, 0.4) is 0 Å². The van der Waals surface area contributed by atoms with Gasteiger partial charge in [-0.3, -0.25) is 14.7 Å². The van der Waals surface area contributed by atoms with E-state index in [1.807, 2.05) is 13.8 Å². The van der Waals surface area contributed by atoms with Crippen LogP contribution in [0.2, 0.25) is 0 Å². The molecule has 3 rings (SSSR count). The number of anilines is 1. The maximum atomic E-state index is 13.0. The molecule has 0 radical (unpaired) electrons. The molecular formula is C18H23ClFN5O2. The first-order valence-electron chi connectivity index (χ1n) is 8.59. The number of nitrogens with one attached hydrogen (secondary N) is 3. The van der Waals surface area contributed by atoms with Crippen LogP contribution in [0.15, 0.2) is 24.3 Å². The Labute approximate surface area is 163 Å². The van der Waals surface area contributed by atoms with Crippen LogP contribution < -0.4 is 10.6 Å². The summed E-state index contributed by atoms with van der Waals surface area (Å²) in [4.78, 5) is 26.7. The molecule has 2 heterocycles. The monoisotopic (exact) mass is 395 g/mol. The highest BCUT2D eigenvalue weighted by atomic mass is 35.5. The second-order valence-electron chi connectivity index (χ2n) is 6.54. The average Bonchev–Trinajstić information content (AvgIpc) is 3.05. The fourth-order valence-electron chi connectivity index (χ4n) is 2.92. The lowest BCUT2D eigenvalue weighted by Gasteiger charge is -2.26. The Balaban J connectivity index is 0.00000261. The molecule has 27 heavy (non-hydrogen) atoms. The normalized spacial score (nSPS) is 12.9. The van der Waals surface area contributed by atoms with Gasteiger partial charge in [0.25, 0.3) is 5.91 Å². The van der Waals surface area contributed by atoms with Gasteiger partial charge in [-0.25, -0.2) is 4.39 Å². The lowest BCUT2D eigenvalue weighted by Crippen LogP contribution is -2.43. The van der Waals surface area contributed by atoms with Gasteiger partial charge in [0.1, 0.15) is 12.4 Å². The van der Waals surface area contributed by atoms with Crippen molar-refractivity contribution in [2.75, 3.05) is 18.4 Å². The second-order valence-corrected chi connectivity index (χ2v) is 6.54. The summed E-state index contributed by atoms with van der Waals surface area (Å²) in [6.45, 7) is 5.02. The van der Waals surface area contributed by atoms with Crippen LogP contribution >= 0.6 is 12.4 Å². The first-order chi connectivity index (χ1) is 12.5. The summed E-state index contributed by atoms with van der Waals surface area (Å²) in [6, 6.07) is 5.31. The molecule has 0 fully saturated rings. The molecule has 0 saturated heterocycles. The summed E-state index contributed by atoms with van der Waals surface area (Å²) >= 11 is 0. The molecule has 0 saturated carbocycles. The minimum absolute atomic E-state index is 0. The molecule has 3 N–H and O–H groups in total. The van der Waals surface area contributed by atoms with Gasteiger partial charge in [-0.05, 0) is 38.1 Å². The third-order valence-electron chi connectivity index (χ3n) is 4.34. The zero-order valence-electron chi connectivity index (χ0n) is 15.2. The summed E-state index contributed by atoms with van der Waals surface area (Å²) < 4.78 is 13.0. The highest BCUT2D eigenvalue weighted by Crippen LogP contribution is 2.18.